The average molecular weight is 242 g/mol. The number of aromatic amines is 1. The molecule has 1 N–H and O–H groups in total. The summed E-state index contributed by atoms with van der Waals surface area (Å²) < 4.78 is 0. The molecule has 1 aromatic carbocycles. The van der Waals surface area contributed by atoms with E-state index in [1.165, 1.54) is 16.0 Å². The Morgan fingerprint density at radius 3 is 2.71 bits per heavy atom. The molecular weight excluding hydrogens is 232 g/mol. The highest BCUT2D eigenvalue weighted by Crippen LogP contribution is 2.35. The smallest absolute Gasteiger partial charge is 0.177 e. The lowest BCUT2D eigenvalue weighted by Crippen LogP contribution is -1.73. The minimum atomic E-state index is 0.653. The second-order valence-corrected chi connectivity index (χ2v) is 4.78. The van der Waals surface area contributed by atoms with Crippen LogP contribution in [0, 0.1) is 6.92 Å². The minimum Gasteiger partial charge on any atom is -0.177 e. The number of H-pyrrole nitrogens is 1. The van der Waals surface area contributed by atoms with Crippen LogP contribution in [0.2, 0.25) is 0 Å². The summed E-state index contributed by atoms with van der Waals surface area (Å²) in [6.07, 6.45) is 0. The number of hydrogen-bond donors (Lipinski definition) is 1. The minimum absolute atomic E-state index is 0.653. The molecule has 0 saturated heterocycles. The van der Waals surface area contributed by atoms with Gasteiger partial charge in [-0.1, -0.05) is 30.3 Å². The predicted molar refractivity (Wildman–Crippen MR) is 67.7 cm³/mol. The van der Waals surface area contributed by atoms with E-state index in [2.05, 4.69) is 45.7 Å². The van der Waals surface area contributed by atoms with E-state index >= 15 is 0 Å². The molecule has 0 amide bonds. The number of aromatic nitrogens is 4. The normalized spacial score (nSPS) is 10.6. The Kier molecular flexibility index (Phi) is 2.45. The molecule has 4 nitrogen and oxygen atoms in total. The molecule has 0 atom stereocenters. The van der Waals surface area contributed by atoms with Crippen molar-refractivity contribution in [3.05, 3.63) is 42.0 Å². The summed E-state index contributed by atoms with van der Waals surface area (Å²) in [6.45, 7) is 2.10. The van der Waals surface area contributed by atoms with E-state index in [1.807, 2.05) is 18.2 Å². The van der Waals surface area contributed by atoms with Crippen LogP contribution in [-0.4, -0.2) is 20.6 Å². The van der Waals surface area contributed by atoms with Crippen molar-refractivity contribution in [2.75, 3.05) is 0 Å². The first-order chi connectivity index (χ1) is 8.34. The monoisotopic (exact) mass is 242 g/mol. The van der Waals surface area contributed by atoms with Gasteiger partial charge in [0.1, 0.15) is 0 Å². The van der Waals surface area contributed by atoms with Crippen molar-refractivity contribution in [3.63, 3.8) is 0 Å². The summed E-state index contributed by atoms with van der Waals surface area (Å²) in [5, 5.41) is 14.0. The Bertz CT molecular complexity index is 613. The quantitative estimate of drug-likeness (QED) is 0.751. The molecule has 5 heteroatoms. The summed E-state index contributed by atoms with van der Waals surface area (Å²) in [6, 6.07) is 12.4. The SMILES string of the molecule is Cc1cc(-c2nn[nH]n2)sc1-c1ccccc1. The van der Waals surface area contributed by atoms with Gasteiger partial charge in [0.15, 0.2) is 0 Å². The van der Waals surface area contributed by atoms with E-state index in [0.29, 0.717) is 5.82 Å². The highest BCUT2D eigenvalue weighted by molar-refractivity contribution is 7.19. The Morgan fingerprint density at radius 1 is 1.18 bits per heavy atom. The van der Waals surface area contributed by atoms with Crippen molar-refractivity contribution in [1.29, 1.82) is 0 Å². The summed E-state index contributed by atoms with van der Waals surface area (Å²) in [7, 11) is 0. The molecule has 17 heavy (non-hydrogen) atoms. The summed E-state index contributed by atoms with van der Waals surface area (Å²) in [5.74, 6) is 0.653. The van der Waals surface area contributed by atoms with Crippen molar-refractivity contribution in [2.24, 2.45) is 0 Å². The standard InChI is InChI=1S/C12H10N4S/c1-8-7-10(12-13-15-16-14-12)17-11(8)9-5-3-2-4-6-9/h2-7H,1H3,(H,13,14,15,16). The molecule has 3 rings (SSSR count). The van der Waals surface area contributed by atoms with Gasteiger partial charge in [0, 0.05) is 4.88 Å². The number of nitrogens with zero attached hydrogens (tertiary/aromatic N) is 3. The van der Waals surface area contributed by atoms with Crippen LogP contribution in [0.4, 0.5) is 0 Å². The number of benzene rings is 1. The molecule has 0 fully saturated rings. The predicted octanol–water partition coefficient (Wildman–Crippen LogP) is 2.90. The van der Waals surface area contributed by atoms with Gasteiger partial charge in [0.25, 0.3) is 0 Å². The van der Waals surface area contributed by atoms with Crippen LogP contribution in [0.1, 0.15) is 5.56 Å². The summed E-state index contributed by atoms with van der Waals surface area (Å²) >= 11 is 1.69. The zero-order chi connectivity index (χ0) is 11.7. The van der Waals surface area contributed by atoms with Crippen LogP contribution in [0.25, 0.3) is 21.1 Å². The van der Waals surface area contributed by atoms with Gasteiger partial charge in [-0.05, 0) is 29.3 Å². The molecule has 0 aliphatic carbocycles. The Labute approximate surface area is 102 Å². The molecule has 0 radical (unpaired) electrons. The van der Waals surface area contributed by atoms with E-state index in [1.54, 1.807) is 11.3 Å². The molecular formula is C12H10N4S. The van der Waals surface area contributed by atoms with Gasteiger partial charge < -0.3 is 0 Å². The van der Waals surface area contributed by atoms with Gasteiger partial charge in [-0.3, -0.25) is 0 Å². The zero-order valence-electron chi connectivity index (χ0n) is 9.21. The van der Waals surface area contributed by atoms with Crippen molar-refractivity contribution >= 4 is 11.3 Å². The number of thiophene rings is 1. The van der Waals surface area contributed by atoms with Crippen LogP contribution in [0.5, 0.6) is 0 Å². The molecule has 0 unspecified atom stereocenters. The first-order valence-corrected chi connectivity index (χ1v) is 6.06. The first kappa shape index (κ1) is 10.2. The van der Waals surface area contributed by atoms with Gasteiger partial charge in [-0.2, -0.15) is 5.21 Å². The lowest BCUT2D eigenvalue weighted by Gasteiger charge is -1.97. The topological polar surface area (TPSA) is 54.5 Å². The molecule has 2 heterocycles. The summed E-state index contributed by atoms with van der Waals surface area (Å²) in [5.41, 5.74) is 2.46. The van der Waals surface area contributed by atoms with Gasteiger partial charge in [-0.25, -0.2) is 0 Å². The van der Waals surface area contributed by atoms with E-state index in [9.17, 15) is 0 Å². The van der Waals surface area contributed by atoms with Crippen LogP contribution in [-0.2, 0) is 0 Å². The molecule has 3 aromatic rings. The third-order valence-electron chi connectivity index (χ3n) is 2.52. The maximum atomic E-state index is 4.00. The molecule has 0 saturated carbocycles. The lowest BCUT2D eigenvalue weighted by atomic mass is 10.1. The van der Waals surface area contributed by atoms with Crippen molar-refractivity contribution in [3.8, 4) is 21.1 Å². The highest BCUT2D eigenvalue weighted by Gasteiger charge is 2.11. The lowest BCUT2D eigenvalue weighted by molar-refractivity contribution is 0.881. The Morgan fingerprint density at radius 2 is 2.00 bits per heavy atom. The number of hydrogen-bond acceptors (Lipinski definition) is 4. The van der Waals surface area contributed by atoms with Gasteiger partial charge >= 0.3 is 0 Å². The molecule has 0 aliphatic rings. The molecule has 84 valence electrons. The van der Waals surface area contributed by atoms with Crippen molar-refractivity contribution < 1.29 is 0 Å². The third-order valence-corrected chi connectivity index (χ3v) is 3.80. The van der Waals surface area contributed by atoms with Gasteiger partial charge in [-0.15, -0.1) is 21.5 Å². The van der Waals surface area contributed by atoms with Crippen LogP contribution in [0.15, 0.2) is 36.4 Å². The number of rotatable bonds is 2. The fourth-order valence-corrected chi connectivity index (χ4v) is 2.84. The van der Waals surface area contributed by atoms with Crippen LogP contribution in [0.3, 0.4) is 0 Å². The van der Waals surface area contributed by atoms with E-state index in [4.69, 9.17) is 0 Å². The maximum absolute atomic E-state index is 4.00. The van der Waals surface area contributed by atoms with Gasteiger partial charge in [0.2, 0.25) is 5.82 Å². The van der Waals surface area contributed by atoms with E-state index < -0.39 is 0 Å². The fourth-order valence-electron chi connectivity index (χ4n) is 1.73. The molecule has 2 aromatic heterocycles. The Hall–Kier alpha value is -2.01. The van der Waals surface area contributed by atoms with Crippen molar-refractivity contribution in [2.45, 2.75) is 6.92 Å². The first-order valence-electron chi connectivity index (χ1n) is 5.24. The Balaban J connectivity index is 2.08. The number of tetrazole rings is 1. The second kappa shape index (κ2) is 4.10. The van der Waals surface area contributed by atoms with Gasteiger partial charge in [0.05, 0.1) is 4.88 Å². The van der Waals surface area contributed by atoms with Crippen LogP contribution < -0.4 is 0 Å². The number of nitrogens with one attached hydrogen (secondary N) is 1. The molecule has 0 spiro atoms. The zero-order valence-corrected chi connectivity index (χ0v) is 10.0. The van der Waals surface area contributed by atoms with Crippen molar-refractivity contribution in [1.82, 2.24) is 20.6 Å². The highest BCUT2D eigenvalue weighted by atomic mass is 32.1. The third kappa shape index (κ3) is 1.85. The second-order valence-electron chi connectivity index (χ2n) is 3.72. The maximum Gasteiger partial charge on any atom is 0.214 e. The average Bonchev–Trinajstić information content (AvgIpc) is 2.99. The number of aryl methyl sites for hydroxylation is 1. The van der Waals surface area contributed by atoms with Crippen LogP contribution >= 0.6 is 11.3 Å². The summed E-state index contributed by atoms with van der Waals surface area (Å²) in [4.78, 5) is 2.29. The largest absolute Gasteiger partial charge is 0.214 e. The molecule has 0 aliphatic heterocycles. The molecule has 0 bridgehead atoms. The fraction of sp³-hybridized carbons (Fsp3) is 0.0833. The van der Waals surface area contributed by atoms with E-state index in [0.717, 1.165) is 4.88 Å². The van der Waals surface area contributed by atoms with E-state index in [-0.39, 0.29) is 0 Å².